The first-order valence-corrected chi connectivity index (χ1v) is 4.43. The van der Waals surface area contributed by atoms with Crippen molar-refractivity contribution in [2.24, 2.45) is 0 Å². The van der Waals surface area contributed by atoms with E-state index in [0.717, 1.165) is 0 Å². The molecule has 0 aromatic heterocycles. The molecule has 0 N–H and O–H groups in total. The van der Waals surface area contributed by atoms with E-state index in [1.54, 1.807) is 12.1 Å². The van der Waals surface area contributed by atoms with Gasteiger partial charge in [-0.15, -0.1) is 0 Å². The zero-order chi connectivity index (χ0) is 9.47. The first kappa shape index (κ1) is 8.52. The Bertz CT molecular complexity index is 370. The van der Waals surface area contributed by atoms with Crippen molar-refractivity contribution in [3.8, 4) is 6.07 Å². The third kappa shape index (κ3) is 1.20. The van der Waals surface area contributed by atoms with Gasteiger partial charge in [-0.25, -0.2) is 4.39 Å². The van der Waals surface area contributed by atoms with E-state index in [1.807, 2.05) is 0 Å². The van der Waals surface area contributed by atoms with Crippen molar-refractivity contribution in [1.82, 2.24) is 0 Å². The average Bonchev–Trinajstić information content (AvgIpc) is 2.85. The van der Waals surface area contributed by atoms with Gasteiger partial charge in [-0.2, -0.15) is 5.26 Å². The van der Waals surface area contributed by atoms with Crippen LogP contribution in [0.15, 0.2) is 18.2 Å². The Balaban J connectivity index is 2.58. The summed E-state index contributed by atoms with van der Waals surface area (Å²) in [6.07, 6.45) is 1.42. The number of nitrogens with zero attached hydrogens (tertiary/aromatic N) is 1. The van der Waals surface area contributed by atoms with Crippen LogP contribution in [-0.2, 0) is 5.41 Å². The Morgan fingerprint density at radius 2 is 2.15 bits per heavy atom. The second-order valence-corrected chi connectivity index (χ2v) is 3.70. The zero-order valence-corrected chi connectivity index (χ0v) is 7.61. The number of halogens is 2. The summed E-state index contributed by atoms with van der Waals surface area (Å²) in [6.45, 7) is 0. The van der Waals surface area contributed by atoms with Crippen LogP contribution in [0, 0.1) is 17.1 Å². The minimum absolute atomic E-state index is 0.360. The van der Waals surface area contributed by atoms with Crippen molar-refractivity contribution in [3.63, 3.8) is 0 Å². The monoisotopic (exact) mass is 195 g/mol. The van der Waals surface area contributed by atoms with Crippen molar-refractivity contribution in [2.75, 3.05) is 0 Å². The van der Waals surface area contributed by atoms with Gasteiger partial charge >= 0.3 is 0 Å². The van der Waals surface area contributed by atoms with Gasteiger partial charge in [0.15, 0.2) is 0 Å². The first-order chi connectivity index (χ1) is 6.19. The zero-order valence-electron chi connectivity index (χ0n) is 6.85. The Labute approximate surface area is 80.7 Å². The van der Waals surface area contributed by atoms with Crippen molar-refractivity contribution < 1.29 is 4.39 Å². The Kier molecular flexibility index (Phi) is 1.78. The maximum Gasteiger partial charge on any atom is 0.129 e. The van der Waals surface area contributed by atoms with Gasteiger partial charge in [0.05, 0.1) is 11.5 Å². The Morgan fingerprint density at radius 3 is 2.62 bits per heavy atom. The summed E-state index contributed by atoms with van der Waals surface area (Å²) in [4.78, 5) is 0. The second kappa shape index (κ2) is 2.71. The van der Waals surface area contributed by atoms with Crippen LogP contribution < -0.4 is 0 Å². The van der Waals surface area contributed by atoms with Crippen LogP contribution in [0.5, 0.6) is 0 Å². The van der Waals surface area contributed by atoms with Crippen molar-refractivity contribution in [2.45, 2.75) is 18.3 Å². The number of benzene rings is 1. The lowest BCUT2D eigenvalue weighted by Crippen LogP contribution is -2.06. The topological polar surface area (TPSA) is 23.8 Å². The lowest BCUT2D eigenvalue weighted by Gasteiger charge is -2.09. The Morgan fingerprint density at radius 1 is 1.46 bits per heavy atom. The van der Waals surface area contributed by atoms with Gasteiger partial charge in [0.2, 0.25) is 0 Å². The van der Waals surface area contributed by atoms with Crippen LogP contribution >= 0.6 is 11.6 Å². The van der Waals surface area contributed by atoms with Gasteiger partial charge in [0.1, 0.15) is 5.82 Å². The maximum absolute atomic E-state index is 13.3. The quantitative estimate of drug-likeness (QED) is 0.676. The van der Waals surface area contributed by atoms with E-state index < -0.39 is 5.41 Å². The molecule has 0 spiro atoms. The highest BCUT2D eigenvalue weighted by molar-refractivity contribution is 6.31. The van der Waals surface area contributed by atoms with Crippen molar-refractivity contribution in [1.29, 1.82) is 5.26 Å². The minimum Gasteiger partial charge on any atom is -0.207 e. The first-order valence-electron chi connectivity index (χ1n) is 4.05. The fourth-order valence-corrected chi connectivity index (χ4v) is 1.84. The average molecular weight is 196 g/mol. The molecule has 1 fully saturated rings. The molecular formula is C10H7ClFN. The highest BCUT2D eigenvalue weighted by Crippen LogP contribution is 2.50. The molecule has 0 unspecified atom stereocenters. The molecule has 0 heterocycles. The van der Waals surface area contributed by atoms with Crippen LogP contribution in [0.1, 0.15) is 18.4 Å². The molecule has 1 aliphatic rings. The number of rotatable bonds is 1. The molecule has 1 nitrogen and oxygen atoms in total. The standard InChI is InChI=1S/C10H7ClFN/c11-7-2-1-3-8(12)9(7)10(6-13)4-5-10/h1-3H,4-5H2. The summed E-state index contributed by atoms with van der Waals surface area (Å²) < 4.78 is 13.3. The molecular weight excluding hydrogens is 189 g/mol. The summed E-state index contributed by atoms with van der Waals surface area (Å²) in [5.74, 6) is -0.369. The molecule has 0 bridgehead atoms. The van der Waals surface area contributed by atoms with E-state index >= 15 is 0 Å². The molecule has 3 heteroatoms. The van der Waals surface area contributed by atoms with Crippen LogP contribution in [0.3, 0.4) is 0 Å². The van der Waals surface area contributed by atoms with Crippen LogP contribution in [-0.4, -0.2) is 0 Å². The normalized spacial score (nSPS) is 17.9. The molecule has 1 aromatic carbocycles. The van der Waals surface area contributed by atoms with Gasteiger partial charge in [-0.1, -0.05) is 17.7 Å². The molecule has 1 saturated carbocycles. The highest BCUT2D eigenvalue weighted by atomic mass is 35.5. The number of hydrogen-bond donors (Lipinski definition) is 0. The molecule has 0 saturated heterocycles. The van der Waals surface area contributed by atoms with Gasteiger partial charge in [0.25, 0.3) is 0 Å². The van der Waals surface area contributed by atoms with E-state index in [9.17, 15) is 4.39 Å². The fourth-order valence-electron chi connectivity index (χ4n) is 1.50. The second-order valence-electron chi connectivity index (χ2n) is 3.29. The van der Waals surface area contributed by atoms with Crippen LogP contribution in [0.4, 0.5) is 4.39 Å². The summed E-state index contributed by atoms with van der Waals surface area (Å²) in [5, 5.41) is 9.24. The van der Waals surface area contributed by atoms with Gasteiger partial charge < -0.3 is 0 Å². The third-order valence-electron chi connectivity index (χ3n) is 2.41. The van der Waals surface area contributed by atoms with Crippen LogP contribution in [0.25, 0.3) is 0 Å². The van der Waals surface area contributed by atoms with E-state index in [0.29, 0.717) is 23.4 Å². The molecule has 2 rings (SSSR count). The van der Waals surface area contributed by atoms with Gasteiger partial charge in [0, 0.05) is 10.6 Å². The fraction of sp³-hybridized carbons (Fsp3) is 0.300. The summed E-state index contributed by atoms with van der Waals surface area (Å²) in [7, 11) is 0. The maximum atomic E-state index is 13.3. The van der Waals surface area contributed by atoms with E-state index in [1.165, 1.54) is 6.07 Å². The predicted octanol–water partition coefficient (Wildman–Crippen LogP) is 3.03. The SMILES string of the molecule is N#CC1(c2c(F)cccc2Cl)CC1. The highest BCUT2D eigenvalue weighted by Gasteiger charge is 2.47. The molecule has 1 aliphatic carbocycles. The summed E-state index contributed by atoms with van der Waals surface area (Å²) in [5.41, 5.74) is -0.262. The minimum atomic E-state index is -0.636. The summed E-state index contributed by atoms with van der Waals surface area (Å²) >= 11 is 5.84. The molecule has 1 aromatic rings. The summed E-state index contributed by atoms with van der Waals surface area (Å²) in [6, 6.07) is 6.64. The molecule has 0 radical (unpaired) electrons. The van der Waals surface area contributed by atoms with Crippen molar-refractivity contribution >= 4 is 11.6 Å². The van der Waals surface area contributed by atoms with Gasteiger partial charge in [-0.05, 0) is 25.0 Å². The van der Waals surface area contributed by atoms with E-state index in [4.69, 9.17) is 16.9 Å². The number of nitriles is 1. The predicted molar refractivity (Wildman–Crippen MR) is 47.9 cm³/mol. The molecule has 66 valence electrons. The lowest BCUT2D eigenvalue weighted by molar-refractivity contribution is 0.599. The van der Waals surface area contributed by atoms with E-state index in [-0.39, 0.29) is 5.82 Å². The molecule has 0 aliphatic heterocycles. The van der Waals surface area contributed by atoms with Crippen LogP contribution in [0.2, 0.25) is 5.02 Å². The Hall–Kier alpha value is -1.07. The lowest BCUT2D eigenvalue weighted by atomic mass is 9.97. The third-order valence-corrected chi connectivity index (χ3v) is 2.72. The smallest absolute Gasteiger partial charge is 0.129 e. The molecule has 0 amide bonds. The molecule has 0 atom stereocenters. The van der Waals surface area contributed by atoms with Crippen molar-refractivity contribution in [3.05, 3.63) is 34.6 Å². The van der Waals surface area contributed by atoms with Gasteiger partial charge in [-0.3, -0.25) is 0 Å². The molecule has 13 heavy (non-hydrogen) atoms. The largest absolute Gasteiger partial charge is 0.207 e. The van der Waals surface area contributed by atoms with E-state index in [2.05, 4.69) is 6.07 Å². The number of hydrogen-bond acceptors (Lipinski definition) is 1.